The second kappa shape index (κ2) is 13.1. The zero-order valence-corrected chi connectivity index (χ0v) is 15.7. The number of ether oxygens (including phenoxy) is 3. The first-order chi connectivity index (χ1) is 12.6. The molecule has 144 valence electrons. The van der Waals surface area contributed by atoms with E-state index in [1.807, 2.05) is 0 Å². The summed E-state index contributed by atoms with van der Waals surface area (Å²) in [6.45, 7) is 0.975. The van der Waals surface area contributed by atoms with Crippen LogP contribution >= 0.6 is 11.6 Å². The van der Waals surface area contributed by atoms with Crippen molar-refractivity contribution in [2.45, 2.75) is 32.1 Å². The molecule has 0 spiro atoms. The lowest BCUT2D eigenvalue weighted by Gasteiger charge is -2.11. The first kappa shape index (κ1) is 21.8. The molecule has 0 fully saturated rings. The van der Waals surface area contributed by atoms with Crippen LogP contribution in [0.15, 0.2) is 24.3 Å². The predicted molar refractivity (Wildman–Crippen MR) is 99.9 cm³/mol. The van der Waals surface area contributed by atoms with E-state index < -0.39 is 5.97 Å². The molecule has 1 aromatic carbocycles. The van der Waals surface area contributed by atoms with Crippen molar-refractivity contribution in [3.8, 4) is 11.5 Å². The molecule has 0 atom stereocenters. The number of carboxylic acid groups (broad SMARTS) is 1. The molecule has 0 saturated heterocycles. The Morgan fingerprint density at radius 3 is 2.50 bits per heavy atom. The van der Waals surface area contributed by atoms with Crippen LogP contribution in [0.1, 0.15) is 37.7 Å². The van der Waals surface area contributed by atoms with Crippen LogP contribution in [0.25, 0.3) is 6.08 Å². The lowest BCUT2D eigenvalue weighted by Crippen LogP contribution is -2.06. The van der Waals surface area contributed by atoms with Gasteiger partial charge in [0.2, 0.25) is 0 Å². The summed E-state index contributed by atoms with van der Waals surface area (Å²) in [6, 6.07) is 5.26. The molecule has 0 aliphatic carbocycles. The first-order valence-corrected chi connectivity index (χ1v) is 9.03. The van der Waals surface area contributed by atoms with Crippen LogP contribution < -0.4 is 9.47 Å². The highest BCUT2D eigenvalue weighted by atomic mass is 35.5. The third kappa shape index (κ3) is 9.32. The summed E-state index contributed by atoms with van der Waals surface area (Å²) in [5.41, 5.74) is 0.723. The van der Waals surface area contributed by atoms with Gasteiger partial charge in [0, 0.05) is 12.0 Å². The third-order valence-electron chi connectivity index (χ3n) is 3.46. The Labute approximate surface area is 158 Å². The molecule has 0 bridgehead atoms. The Hall–Kier alpha value is -2.21. The van der Waals surface area contributed by atoms with Crippen molar-refractivity contribution in [2.75, 3.05) is 26.2 Å². The number of alkyl halides is 1. The van der Waals surface area contributed by atoms with Crippen LogP contribution in [0, 0.1) is 0 Å². The van der Waals surface area contributed by atoms with E-state index in [9.17, 15) is 9.59 Å². The van der Waals surface area contributed by atoms with Gasteiger partial charge >= 0.3 is 11.9 Å². The SMILES string of the molecule is COc1cc(/C=C/C(=O)O)ccc1OCCCCCCOC(=O)CCCl. The number of unbranched alkanes of at least 4 members (excludes halogenated alkanes) is 3. The minimum Gasteiger partial charge on any atom is -0.493 e. The predicted octanol–water partition coefficient (Wildman–Crippen LogP) is 3.90. The van der Waals surface area contributed by atoms with Crippen molar-refractivity contribution < 1.29 is 28.9 Å². The zero-order chi connectivity index (χ0) is 19.2. The summed E-state index contributed by atoms with van der Waals surface area (Å²) in [5, 5.41) is 8.66. The minimum atomic E-state index is -1.00. The molecule has 1 N–H and O–H groups in total. The number of hydrogen-bond donors (Lipinski definition) is 1. The van der Waals surface area contributed by atoms with Crippen molar-refractivity contribution in [3.63, 3.8) is 0 Å². The van der Waals surface area contributed by atoms with E-state index in [1.165, 1.54) is 6.08 Å². The summed E-state index contributed by atoms with van der Waals surface area (Å²) in [7, 11) is 1.54. The summed E-state index contributed by atoms with van der Waals surface area (Å²) in [5.74, 6) is 0.213. The molecule has 26 heavy (non-hydrogen) atoms. The second-order valence-corrected chi connectivity index (χ2v) is 5.88. The Balaban J connectivity index is 2.26. The number of carboxylic acids is 1. The molecule has 0 amide bonds. The van der Waals surface area contributed by atoms with Gasteiger partial charge in [-0.15, -0.1) is 11.6 Å². The third-order valence-corrected chi connectivity index (χ3v) is 3.65. The Morgan fingerprint density at radius 1 is 1.12 bits per heavy atom. The van der Waals surface area contributed by atoms with Crippen molar-refractivity contribution in [3.05, 3.63) is 29.8 Å². The molecule has 0 radical (unpaired) electrons. The maximum Gasteiger partial charge on any atom is 0.328 e. The smallest absolute Gasteiger partial charge is 0.328 e. The first-order valence-electron chi connectivity index (χ1n) is 8.50. The fourth-order valence-electron chi connectivity index (χ4n) is 2.15. The van der Waals surface area contributed by atoms with Crippen LogP contribution in [-0.2, 0) is 14.3 Å². The summed E-state index contributed by atoms with van der Waals surface area (Å²) in [6.07, 6.45) is 6.43. The standard InChI is InChI=1S/C19H25ClO6/c1-24-17-14-15(7-9-18(21)22)6-8-16(17)25-12-4-2-3-5-13-26-19(23)10-11-20/h6-9,14H,2-5,10-13H2,1H3,(H,21,22)/b9-7+. The van der Waals surface area contributed by atoms with Crippen LogP contribution in [0.5, 0.6) is 11.5 Å². The molecule has 0 aliphatic heterocycles. The molecule has 0 aromatic heterocycles. The van der Waals surface area contributed by atoms with Gasteiger partial charge in [0.1, 0.15) is 0 Å². The van der Waals surface area contributed by atoms with E-state index in [4.69, 9.17) is 30.9 Å². The highest BCUT2D eigenvalue weighted by molar-refractivity contribution is 6.18. The van der Waals surface area contributed by atoms with E-state index in [0.717, 1.165) is 37.3 Å². The lowest BCUT2D eigenvalue weighted by molar-refractivity contribution is -0.143. The monoisotopic (exact) mass is 384 g/mol. The van der Waals surface area contributed by atoms with Crippen molar-refractivity contribution in [2.24, 2.45) is 0 Å². The highest BCUT2D eigenvalue weighted by Gasteiger charge is 2.05. The van der Waals surface area contributed by atoms with E-state index in [2.05, 4.69) is 0 Å². The number of rotatable bonds is 13. The molecule has 1 aromatic rings. The number of esters is 1. The van der Waals surface area contributed by atoms with Crippen LogP contribution in [0.4, 0.5) is 0 Å². The van der Waals surface area contributed by atoms with E-state index in [1.54, 1.807) is 25.3 Å². The average molecular weight is 385 g/mol. The van der Waals surface area contributed by atoms with Crippen molar-refractivity contribution >= 4 is 29.6 Å². The highest BCUT2D eigenvalue weighted by Crippen LogP contribution is 2.28. The summed E-state index contributed by atoms with van der Waals surface area (Å²) < 4.78 is 16.0. The fourth-order valence-corrected chi connectivity index (χ4v) is 2.30. The van der Waals surface area contributed by atoms with E-state index in [-0.39, 0.29) is 18.3 Å². The maximum atomic E-state index is 11.1. The molecule has 7 heteroatoms. The zero-order valence-electron chi connectivity index (χ0n) is 14.9. The summed E-state index contributed by atoms with van der Waals surface area (Å²) in [4.78, 5) is 21.7. The Bertz CT molecular complexity index is 600. The van der Waals surface area contributed by atoms with Gasteiger partial charge in [-0.3, -0.25) is 4.79 Å². The molecule has 0 unspecified atom stereocenters. The lowest BCUT2D eigenvalue weighted by atomic mass is 10.2. The molecule has 1 rings (SSSR count). The number of benzene rings is 1. The Kier molecular flexibility index (Phi) is 11.0. The molecular formula is C19H25ClO6. The molecule has 6 nitrogen and oxygen atoms in total. The minimum absolute atomic E-state index is 0.252. The maximum absolute atomic E-state index is 11.1. The van der Waals surface area contributed by atoms with Crippen LogP contribution in [0.2, 0.25) is 0 Å². The van der Waals surface area contributed by atoms with Gasteiger partial charge in [-0.1, -0.05) is 6.07 Å². The number of hydrogen-bond acceptors (Lipinski definition) is 5. The van der Waals surface area contributed by atoms with E-state index >= 15 is 0 Å². The van der Waals surface area contributed by atoms with E-state index in [0.29, 0.717) is 24.7 Å². The molecule has 0 aliphatic rings. The quantitative estimate of drug-likeness (QED) is 0.240. The molecular weight excluding hydrogens is 360 g/mol. The van der Waals surface area contributed by atoms with Crippen LogP contribution in [0.3, 0.4) is 0 Å². The summed E-state index contributed by atoms with van der Waals surface area (Å²) >= 11 is 5.45. The Morgan fingerprint density at radius 2 is 1.85 bits per heavy atom. The van der Waals surface area contributed by atoms with Gasteiger partial charge < -0.3 is 19.3 Å². The number of carbonyl (C=O) groups excluding carboxylic acids is 1. The molecule has 0 saturated carbocycles. The van der Waals surface area contributed by atoms with Gasteiger partial charge in [0.15, 0.2) is 11.5 Å². The van der Waals surface area contributed by atoms with Gasteiger partial charge in [-0.05, 0) is 49.5 Å². The fraction of sp³-hybridized carbons (Fsp3) is 0.474. The van der Waals surface area contributed by atoms with Crippen molar-refractivity contribution in [1.29, 1.82) is 0 Å². The molecule has 0 heterocycles. The van der Waals surface area contributed by atoms with Gasteiger partial charge in [-0.2, -0.15) is 0 Å². The number of aliphatic carboxylic acids is 1. The van der Waals surface area contributed by atoms with Gasteiger partial charge in [0.05, 0.1) is 26.7 Å². The topological polar surface area (TPSA) is 82.1 Å². The largest absolute Gasteiger partial charge is 0.493 e. The second-order valence-electron chi connectivity index (χ2n) is 5.50. The normalized spacial score (nSPS) is 10.7. The number of halogens is 1. The van der Waals surface area contributed by atoms with Crippen LogP contribution in [-0.4, -0.2) is 43.2 Å². The van der Waals surface area contributed by atoms with Gasteiger partial charge in [-0.25, -0.2) is 4.79 Å². The van der Waals surface area contributed by atoms with Crippen molar-refractivity contribution in [1.82, 2.24) is 0 Å². The number of carbonyl (C=O) groups is 2. The van der Waals surface area contributed by atoms with Gasteiger partial charge in [0.25, 0.3) is 0 Å². The average Bonchev–Trinajstić information content (AvgIpc) is 2.62. The number of methoxy groups -OCH3 is 1.